The zero-order valence-electron chi connectivity index (χ0n) is 10.2. The molecule has 8 heteroatoms. The number of aromatic carboxylic acids is 1. The van der Waals surface area contributed by atoms with E-state index in [-0.39, 0.29) is 16.6 Å². The fraction of sp³-hybridized carbons (Fsp3) is 0.273. The highest BCUT2D eigenvalue weighted by Crippen LogP contribution is 2.09. The number of hydrogen-bond acceptors (Lipinski definition) is 5. The number of carboxylic acids is 1. The molecule has 0 saturated heterocycles. The van der Waals surface area contributed by atoms with Crippen molar-refractivity contribution < 1.29 is 14.7 Å². The van der Waals surface area contributed by atoms with Crippen LogP contribution in [0.4, 0.5) is 0 Å². The van der Waals surface area contributed by atoms with E-state index in [1.165, 1.54) is 5.38 Å². The van der Waals surface area contributed by atoms with Crippen molar-refractivity contribution in [2.45, 2.75) is 6.42 Å². The number of nitrogens with zero attached hydrogens (tertiary/aromatic N) is 3. The number of nitrogens with one attached hydrogen (secondary N) is 1. The number of thiazole rings is 1. The zero-order chi connectivity index (χ0) is 13.8. The summed E-state index contributed by atoms with van der Waals surface area (Å²) in [7, 11) is 1.82. The maximum atomic E-state index is 11.7. The molecule has 7 nitrogen and oxygen atoms in total. The molecule has 2 heterocycles. The number of carbonyl (C=O) groups excluding carboxylic acids is 1. The van der Waals surface area contributed by atoms with Crippen LogP contribution in [0.3, 0.4) is 0 Å². The van der Waals surface area contributed by atoms with Crippen LogP contribution in [-0.4, -0.2) is 38.3 Å². The Morgan fingerprint density at radius 1 is 1.53 bits per heavy atom. The molecule has 0 aromatic carbocycles. The Hall–Kier alpha value is -2.22. The van der Waals surface area contributed by atoms with Crippen LogP contribution in [0.15, 0.2) is 17.8 Å². The lowest BCUT2D eigenvalue weighted by molar-refractivity contribution is 0.0691. The molecule has 0 bridgehead atoms. The quantitative estimate of drug-likeness (QED) is 0.833. The molecule has 0 aliphatic carbocycles. The Morgan fingerprint density at radius 3 is 2.89 bits per heavy atom. The summed E-state index contributed by atoms with van der Waals surface area (Å²) in [6.07, 6.45) is 4.27. The van der Waals surface area contributed by atoms with Crippen molar-refractivity contribution in [3.8, 4) is 0 Å². The second-order valence-corrected chi connectivity index (χ2v) is 4.73. The van der Waals surface area contributed by atoms with Crippen LogP contribution in [0.1, 0.15) is 25.9 Å². The number of aryl methyl sites for hydroxylation is 1. The van der Waals surface area contributed by atoms with Crippen LogP contribution in [0.2, 0.25) is 0 Å². The van der Waals surface area contributed by atoms with Gasteiger partial charge in [0.25, 0.3) is 5.91 Å². The van der Waals surface area contributed by atoms with Crippen LogP contribution in [0, 0.1) is 0 Å². The van der Waals surface area contributed by atoms with Gasteiger partial charge in [0.15, 0.2) is 10.7 Å². The Kier molecular flexibility index (Phi) is 3.91. The average molecular weight is 280 g/mol. The van der Waals surface area contributed by atoms with Gasteiger partial charge in [0.05, 0.1) is 6.20 Å². The van der Waals surface area contributed by atoms with E-state index in [1.807, 2.05) is 13.2 Å². The second-order valence-electron chi connectivity index (χ2n) is 3.87. The van der Waals surface area contributed by atoms with E-state index in [2.05, 4.69) is 15.4 Å². The first-order valence-corrected chi connectivity index (χ1v) is 6.39. The maximum Gasteiger partial charge on any atom is 0.355 e. The molecule has 0 unspecified atom stereocenters. The smallest absolute Gasteiger partial charge is 0.355 e. The van der Waals surface area contributed by atoms with E-state index in [9.17, 15) is 9.59 Å². The molecule has 0 aliphatic heterocycles. The van der Waals surface area contributed by atoms with Crippen LogP contribution in [-0.2, 0) is 13.5 Å². The molecule has 19 heavy (non-hydrogen) atoms. The monoisotopic (exact) mass is 280 g/mol. The van der Waals surface area contributed by atoms with Gasteiger partial charge in [0.2, 0.25) is 0 Å². The first-order chi connectivity index (χ1) is 9.06. The summed E-state index contributed by atoms with van der Waals surface area (Å²) in [6, 6.07) is 0. The predicted molar refractivity (Wildman–Crippen MR) is 68.3 cm³/mol. The number of carbonyl (C=O) groups is 2. The second kappa shape index (κ2) is 5.61. The standard InChI is InChI=1S/C11H12N4O3S/c1-15-5-7(4-13-15)2-3-12-9(16)10-14-8(6-19-10)11(17)18/h4-6H,2-3H2,1H3,(H,12,16)(H,17,18). The fourth-order valence-corrected chi connectivity index (χ4v) is 2.18. The lowest BCUT2D eigenvalue weighted by atomic mass is 10.2. The van der Waals surface area contributed by atoms with Gasteiger partial charge in [-0.05, 0) is 12.0 Å². The van der Waals surface area contributed by atoms with Crippen molar-refractivity contribution in [3.63, 3.8) is 0 Å². The lowest BCUT2D eigenvalue weighted by Crippen LogP contribution is -2.25. The third-order valence-corrected chi connectivity index (χ3v) is 3.22. The Morgan fingerprint density at radius 2 is 2.32 bits per heavy atom. The van der Waals surface area contributed by atoms with Gasteiger partial charge in [-0.25, -0.2) is 9.78 Å². The SMILES string of the molecule is Cn1cc(CCNC(=O)c2nc(C(=O)O)cs2)cn1. The van der Waals surface area contributed by atoms with Crippen LogP contribution < -0.4 is 5.32 Å². The van der Waals surface area contributed by atoms with Gasteiger partial charge in [0, 0.05) is 25.2 Å². The Labute approximate surface area is 112 Å². The summed E-state index contributed by atoms with van der Waals surface area (Å²) >= 11 is 1.02. The molecule has 1 amide bonds. The van der Waals surface area contributed by atoms with E-state index in [0.29, 0.717) is 13.0 Å². The van der Waals surface area contributed by atoms with Gasteiger partial charge in [-0.3, -0.25) is 9.48 Å². The molecule has 0 fully saturated rings. The van der Waals surface area contributed by atoms with Gasteiger partial charge in [-0.1, -0.05) is 0 Å². The lowest BCUT2D eigenvalue weighted by Gasteiger charge is -2.00. The van der Waals surface area contributed by atoms with E-state index in [1.54, 1.807) is 10.9 Å². The van der Waals surface area contributed by atoms with Crippen molar-refractivity contribution in [2.75, 3.05) is 6.54 Å². The van der Waals surface area contributed by atoms with Crippen molar-refractivity contribution in [2.24, 2.45) is 7.05 Å². The highest BCUT2D eigenvalue weighted by atomic mass is 32.1. The summed E-state index contributed by atoms with van der Waals surface area (Å²) in [4.78, 5) is 26.1. The third kappa shape index (κ3) is 3.38. The van der Waals surface area contributed by atoms with Crippen molar-refractivity contribution in [3.05, 3.63) is 34.0 Å². The molecule has 0 atom stereocenters. The van der Waals surface area contributed by atoms with Crippen molar-refractivity contribution >= 4 is 23.2 Å². The Balaban J connectivity index is 1.85. The van der Waals surface area contributed by atoms with Crippen molar-refractivity contribution in [1.82, 2.24) is 20.1 Å². The first-order valence-electron chi connectivity index (χ1n) is 5.51. The molecule has 2 rings (SSSR count). The minimum atomic E-state index is -1.13. The first kappa shape index (κ1) is 13.2. The molecule has 0 aliphatic rings. The number of rotatable bonds is 5. The normalized spacial score (nSPS) is 10.4. The number of carboxylic acid groups (broad SMARTS) is 1. The molecular formula is C11H12N4O3S. The predicted octanol–water partition coefficient (Wildman–Crippen LogP) is 0.547. The summed E-state index contributed by atoms with van der Waals surface area (Å²) in [5.41, 5.74) is 0.913. The molecule has 0 saturated carbocycles. The van der Waals surface area contributed by atoms with Crippen LogP contribution >= 0.6 is 11.3 Å². The van der Waals surface area contributed by atoms with Gasteiger partial charge in [-0.2, -0.15) is 5.10 Å². The maximum absolute atomic E-state index is 11.7. The summed E-state index contributed by atoms with van der Waals surface area (Å²) in [6.45, 7) is 0.451. The van der Waals surface area contributed by atoms with E-state index in [4.69, 9.17) is 5.11 Å². The summed E-state index contributed by atoms with van der Waals surface area (Å²) < 4.78 is 1.69. The van der Waals surface area contributed by atoms with Gasteiger partial charge in [-0.15, -0.1) is 11.3 Å². The summed E-state index contributed by atoms with van der Waals surface area (Å²) in [5, 5.41) is 16.9. The van der Waals surface area contributed by atoms with E-state index in [0.717, 1.165) is 16.9 Å². The topological polar surface area (TPSA) is 97.1 Å². The largest absolute Gasteiger partial charge is 0.476 e. The molecule has 0 radical (unpaired) electrons. The Bertz CT molecular complexity index is 605. The fourth-order valence-electron chi connectivity index (χ4n) is 1.47. The van der Waals surface area contributed by atoms with Crippen LogP contribution in [0.5, 0.6) is 0 Å². The number of hydrogen-bond donors (Lipinski definition) is 2. The highest BCUT2D eigenvalue weighted by Gasteiger charge is 2.14. The van der Waals surface area contributed by atoms with Gasteiger partial charge in [0.1, 0.15) is 0 Å². The summed E-state index contributed by atoms with van der Waals surface area (Å²) in [5.74, 6) is -1.49. The molecule has 2 N–H and O–H groups in total. The molecule has 100 valence electrons. The third-order valence-electron chi connectivity index (χ3n) is 2.38. The highest BCUT2D eigenvalue weighted by molar-refractivity contribution is 7.11. The van der Waals surface area contributed by atoms with Crippen molar-refractivity contribution in [1.29, 1.82) is 0 Å². The molecule has 0 spiro atoms. The minimum absolute atomic E-state index is 0.109. The average Bonchev–Trinajstić information content (AvgIpc) is 2.98. The van der Waals surface area contributed by atoms with Gasteiger partial charge < -0.3 is 10.4 Å². The van der Waals surface area contributed by atoms with Gasteiger partial charge >= 0.3 is 5.97 Å². The number of aromatic nitrogens is 3. The minimum Gasteiger partial charge on any atom is -0.476 e. The van der Waals surface area contributed by atoms with E-state index >= 15 is 0 Å². The van der Waals surface area contributed by atoms with Crippen LogP contribution in [0.25, 0.3) is 0 Å². The zero-order valence-corrected chi connectivity index (χ0v) is 11.0. The number of amides is 1. The molecular weight excluding hydrogens is 268 g/mol. The molecule has 2 aromatic rings. The molecule has 2 aromatic heterocycles. The van der Waals surface area contributed by atoms with E-state index < -0.39 is 5.97 Å².